The molecule has 2 rings (SSSR count). The minimum Gasteiger partial charge on any atom is -0.324 e. The second kappa shape index (κ2) is 5.69. The predicted molar refractivity (Wildman–Crippen MR) is 57.5 cm³/mol. The Kier molecular flexibility index (Phi) is 4.51. The Labute approximate surface area is 103 Å². The summed E-state index contributed by atoms with van der Waals surface area (Å²) in [5.41, 5.74) is 0.994. The van der Waals surface area contributed by atoms with Crippen LogP contribution in [0, 0.1) is 0 Å². The van der Waals surface area contributed by atoms with Crippen molar-refractivity contribution in [3.05, 3.63) is 48.8 Å². The van der Waals surface area contributed by atoms with E-state index in [1.807, 2.05) is 30.3 Å². The molecule has 1 aromatic heterocycles. The Morgan fingerprint density at radius 1 is 0.857 bits per heavy atom. The van der Waals surface area contributed by atoms with Gasteiger partial charge in [-0.3, -0.25) is 0 Å². The molecule has 0 aliphatic carbocycles. The molecule has 0 aliphatic rings. The van der Waals surface area contributed by atoms with Crippen molar-refractivity contribution in [2.45, 2.75) is 0 Å². The maximum absolute atomic E-state index is 4.05. The normalized spacial score (nSPS) is 8.86. The minimum absolute atomic E-state index is 0. The monoisotopic (exact) mass is 379 g/mol. The van der Waals surface area contributed by atoms with Gasteiger partial charge in [0.15, 0.2) is 0 Å². The van der Waals surface area contributed by atoms with Gasteiger partial charge in [-0.1, -0.05) is 18.2 Å². The van der Waals surface area contributed by atoms with Crippen LogP contribution in [0.25, 0.3) is 0 Å². The number of rotatable bonds is 2. The summed E-state index contributed by atoms with van der Waals surface area (Å²) in [7, 11) is 0. The second-order valence-corrected chi connectivity index (χ2v) is 2.56. The van der Waals surface area contributed by atoms with Crippen LogP contribution in [0.3, 0.4) is 0 Å². The number of hydrogen-bond donors (Lipinski definition) is 1. The predicted octanol–water partition coefficient (Wildman–Crippen LogP) is 1.84. The largest absolute Gasteiger partial charge is 0.324 e. The molecule has 4 heteroatoms. The average Bonchev–Trinajstić information content (AvgIpc) is 2.21. The first-order valence-corrected chi connectivity index (χ1v) is 4.04. The van der Waals surface area contributed by atoms with Gasteiger partial charge in [0.2, 0.25) is 5.95 Å². The number of benzene rings is 1. The Morgan fingerprint density at radius 3 is 2.14 bits per heavy atom. The van der Waals surface area contributed by atoms with Crippen LogP contribution in [0.1, 0.15) is 0 Å². The smallest absolute Gasteiger partial charge is 0.227 e. The van der Waals surface area contributed by atoms with Crippen LogP contribution in [-0.4, -0.2) is 37.3 Å². The molecule has 1 N–H and O–H groups in total. The molecular weight excluding hydrogens is 369 g/mol. The molecule has 0 fully saturated rings. The second-order valence-electron chi connectivity index (χ2n) is 2.56. The molecule has 68 valence electrons. The summed E-state index contributed by atoms with van der Waals surface area (Å²) in [5, 5.41) is 3.08. The molecule has 0 bridgehead atoms. The van der Waals surface area contributed by atoms with E-state index < -0.39 is 0 Å². The Bertz CT molecular complexity index is 326. The van der Waals surface area contributed by atoms with Gasteiger partial charge in [0.1, 0.15) is 0 Å². The summed E-state index contributed by atoms with van der Waals surface area (Å²) in [6.45, 7) is 0. The van der Waals surface area contributed by atoms with E-state index in [0.29, 0.717) is 5.95 Å². The maximum Gasteiger partial charge on any atom is 0.227 e. The van der Waals surface area contributed by atoms with E-state index in [9.17, 15) is 0 Å². The molecule has 0 atom stereocenters. The van der Waals surface area contributed by atoms with E-state index in [0.717, 1.165) is 5.69 Å². The molecule has 3 nitrogen and oxygen atoms in total. The van der Waals surface area contributed by atoms with E-state index in [2.05, 4.69) is 15.3 Å². The number of para-hydroxylation sites is 1. The summed E-state index contributed by atoms with van der Waals surface area (Å²) in [6, 6.07) is 11.6. The fraction of sp³-hybridized carbons (Fsp3) is 0. The molecule has 0 unspecified atom stereocenters. The molecule has 14 heavy (non-hydrogen) atoms. The molecule has 0 amide bonds. The first-order valence-electron chi connectivity index (χ1n) is 4.04. The van der Waals surface area contributed by atoms with E-state index in [4.69, 9.17) is 0 Å². The van der Waals surface area contributed by atoms with E-state index in [1.165, 1.54) is 0 Å². The van der Waals surface area contributed by atoms with Crippen molar-refractivity contribution in [2.24, 2.45) is 0 Å². The fourth-order valence-electron chi connectivity index (χ4n) is 1.01. The van der Waals surface area contributed by atoms with Crippen LogP contribution < -0.4 is 5.32 Å². The van der Waals surface area contributed by atoms with Gasteiger partial charge in [-0.15, -0.1) is 0 Å². The zero-order valence-corrected chi connectivity index (χ0v) is 11.4. The molecular formula is C10H9N3Pb. The quantitative estimate of drug-likeness (QED) is 0.811. The van der Waals surface area contributed by atoms with Crippen molar-refractivity contribution in [3.8, 4) is 0 Å². The van der Waals surface area contributed by atoms with Crippen LogP contribution in [-0.2, 0) is 0 Å². The molecule has 0 spiro atoms. The Morgan fingerprint density at radius 2 is 1.50 bits per heavy atom. The third-order valence-corrected chi connectivity index (χ3v) is 1.60. The van der Waals surface area contributed by atoms with Crippen molar-refractivity contribution in [1.82, 2.24) is 9.97 Å². The summed E-state index contributed by atoms with van der Waals surface area (Å²) >= 11 is 0. The van der Waals surface area contributed by atoms with Gasteiger partial charge >= 0.3 is 0 Å². The van der Waals surface area contributed by atoms with Crippen LogP contribution in [0.4, 0.5) is 11.6 Å². The number of aromatic nitrogens is 2. The summed E-state index contributed by atoms with van der Waals surface area (Å²) in [5.74, 6) is 0.619. The third-order valence-electron chi connectivity index (χ3n) is 1.60. The Balaban J connectivity index is 0.000000980. The fourth-order valence-corrected chi connectivity index (χ4v) is 1.01. The molecule has 0 saturated carbocycles. The van der Waals surface area contributed by atoms with Crippen molar-refractivity contribution >= 4 is 38.9 Å². The van der Waals surface area contributed by atoms with Gasteiger partial charge < -0.3 is 5.32 Å². The summed E-state index contributed by atoms with van der Waals surface area (Å²) < 4.78 is 0. The first-order chi connectivity index (χ1) is 6.45. The van der Waals surface area contributed by atoms with Crippen molar-refractivity contribution in [1.29, 1.82) is 0 Å². The van der Waals surface area contributed by atoms with Crippen molar-refractivity contribution in [3.63, 3.8) is 0 Å². The number of hydrogen-bond acceptors (Lipinski definition) is 3. The third kappa shape index (κ3) is 3.06. The van der Waals surface area contributed by atoms with Crippen LogP contribution in [0.2, 0.25) is 0 Å². The van der Waals surface area contributed by atoms with Gasteiger partial charge in [0.05, 0.1) is 0 Å². The number of nitrogens with zero attached hydrogens (tertiary/aromatic N) is 2. The summed E-state index contributed by atoms with van der Waals surface area (Å²) in [4.78, 5) is 8.10. The SMILES string of the molecule is [Pb].c1ccc(Nc2ncccn2)cc1. The molecule has 4 radical (unpaired) electrons. The van der Waals surface area contributed by atoms with Gasteiger partial charge in [-0.2, -0.15) is 0 Å². The minimum atomic E-state index is 0. The van der Waals surface area contributed by atoms with Crippen molar-refractivity contribution < 1.29 is 0 Å². The molecule has 2 aromatic rings. The van der Waals surface area contributed by atoms with Gasteiger partial charge in [-0.05, 0) is 18.2 Å². The molecule has 0 saturated heterocycles. The number of nitrogens with one attached hydrogen (secondary N) is 1. The molecule has 1 aromatic carbocycles. The topological polar surface area (TPSA) is 37.8 Å². The average molecular weight is 378 g/mol. The van der Waals surface area contributed by atoms with E-state index in [-0.39, 0.29) is 27.3 Å². The number of anilines is 2. The van der Waals surface area contributed by atoms with Gasteiger partial charge in [0, 0.05) is 45.4 Å². The van der Waals surface area contributed by atoms with Crippen LogP contribution in [0.5, 0.6) is 0 Å². The zero-order valence-electron chi connectivity index (χ0n) is 7.51. The zero-order chi connectivity index (χ0) is 8.93. The van der Waals surface area contributed by atoms with E-state index in [1.54, 1.807) is 18.5 Å². The maximum atomic E-state index is 4.05. The van der Waals surface area contributed by atoms with Crippen molar-refractivity contribution in [2.75, 3.05) is 5.32 Å². The van der Waals surface area contributed by atoms with Crippen LogP contribution >= 0.6 is 0 Å². The van der Waals surface area contributed by atoms with E-state index >= 15 is 0 Å². The first kappa shape index (κ1) is 11.1. The molecule has 1 heterocycles. The van der Waals surface area contributed by atoms with Crippen LogP contribution in [0.15, 0.2) is 48.8 Å². The molecule has 0 aliphatic heterocycles. The standard InChI is InChI=1S/C10H9N3.Pb/c1-2-5-9(6-3-1)13-10-11-7-4-8-12-10;/h1-8H,(H,11,12,13);. The Hall–Kier alpha value is -0.978. The van der Waals surface area contributed by atoms with Gasteiger partial charge in [-0.25, -0.2) is 9.97 Å². The van der Waals surface area contributed by atoms with Gasteiger partial charge in [0.25, 0.3) is 0 Å². The summed E-state index contributed by atoms with van der Waals surface area (Å²) in [6.07, 6.45) is 3.41.